The summed E-state index contributed by atoms with van der Waals surface area (Å²) in [5, 5.41) is 2.89. The zero-order valence-corrected chi connectivity index (χ0v) is 13.5. The van der Waals surface area contributed by atoms with Gasteiger partial charge in [-0.05, 0) is 58.7 Å². The van der Waals surface area contributed by atoms with Gasteiger partial charge in [0.2, 0.25) is 5.91 Å². The fourth-order valence-corrected chi connectivity index (χ4v) is 2.76. The monoisotopic (exact) mass is 302 g/mol. The first-order valence-corrected chi connectivity index (χ1v) is 7.73. The molecule has 1 aromatic carbocycles. The van der Waals surface area contributed by atoms with E-state index in [9.17, 15) is 9.59 Å². The van der Waals surface area contributed by atoms with Gasteiger partial charge in [0.1, 0.15) is 11.6 Å². The van der Waals surface area contributed by atoms with E-state index in [1.54, 1.807) is 12.1 Å². The number of amides is 1. The lowest BCUT2D eigenvalue weighted by Crippen LogP contribution is -2.47. The SMILES string of the molecule is CC1C(=O)Nc2cc(C(=O)OC(C)(C)C)ccc2N1C1CC1. The van der Waals surface area contributed by atoms with Gasteiger partial charge in [-0.1, -0.05) is 0 Å². The third-order valence-electron chi connectivity index (χ3n) is 3.90. The highest BCUT2D eigenvalue weighted by atomic mass is 16.6. The van der Waals surface area contributed by atoms with Gasteiger partial charge in [-0.15, -0.1) is 0 Å². The Hall–Kier alpha value is -2.04. The number of esters is 1. The van der Waals surface area contributed by atoms with E-state index >= 15 is 0 Å². The minimum atomic E-state index is -0.537. The van der Waals surface area contributed by atoms with Gasteiger partial charge in [0.05, 0.1) is 16.9 Å². The van der Waals surface area contributed by atoms with Crippen molar-refractivity contribution >= 4 is 23.3 Å². The molecule has 5 heteroatoms. The molecule has 1 atom stereocenters. The van der Waals surface area contributed by atoms with Gasteiger partial charge in [0, 0.05) is 6.04 Å². The van der Waals surface area contributed by atoms with Crippen molar-refractivity contribution in [2.45, 2.75) is 58.2 Å². The van der Waals surface area contributed by atoms with Crippen molar-refractivity contribution in [3.63, 3.8) is 0 Å². The normalized spacial score (nSPS) is 21.2. The molecule has 1 unspecified atom stereocenters. The molecule has 1 aliphatic carbocycles. The Morgan fingerprint density at radius 3 is 2.59 bits per heavy atom. The topological polar surface area (TPSA) is 58.6 Å². The van der Waals surface area contributed by atoms with Crippen LogP contribution in [0, 0.1) is 0 Å². The molecule has 1 amide bonds. The molecule has 2 aliphatic rings. The molecule has 0 radical (unpaired) electrons. The van der Waals surface area contributed by atoms with Crippen LogP contribution >= 0.6 is 0 Å². The van der Waals surface area contributed by atoms with Gasteiger partial charge in [-0.2, -0.15) is 0 Å². The summed E-state index contributed by atoms with van der Waals surface area (Å²) in [4.78, 5) is 26.5. The van der Waals surface area contributed by atoms with Gasteiger partial charge in [-0.25, -0.2) is 4.79 Å². The Labute approximate surface area is 130 Å². The van der Waals surface area contributed by atoms with Crippen LogP contribution in [0.4, 0.5) is 11.4 Å². The maximum absolute atomic E-state index is 12.2. The van der Waals surface area contributed by atoms with E-state index < -0.39 is 5.60 Å². The summed E-state index contributed by atoms with van der Waals surface area (Å²) in [7, 11) is 0. The molecule has 0 spiro atoms. The largest absolute Gasteiger partial charge is 0.456 e. The Bertz CT molecular complexity index is 629. The highest BCUT2D eigenvalue weighted by Gasteiger charge is 2.39. The van der Waals surface area contributed by atoms with Crippen molar-refractivity contribution in [2.75, 3.05) is 10.2 Å². The first kappa shape index (κ1) is 14.9. The Morgan fingerprint density at radius 2 is 2.00 bits per heavy atom. The fourth-order valence-electron chi connectivity index (χ4n) is 2.76. The highest BCUT2D eigenvalue weighted by molar-refractivity contribution is 6.05. The summed E-state index contributed by atoms with van der Waals surface area (Å²) < 4.78 is 5.38. The van der Waals surface area contributed by atoms with Crippen molar-refractivity contribution in [3.8, 4) is 0 Å². The zero-order chi connectivity index (χ0) is 16.1. The van der Waals surface area contributed by atoms with Gasteiger partial charge >= 0.3 is 5.97 Å². The average molecular weight is 302 g/mol. The summed E-state index contributed by atoms with van der Waals surface area (Å²) in [5.74, 6) is -0.401. The van der Waals surface area contributed by atoms with Crippen LogP contribution in [0.3, 0.4) is 0 Å². The maximum atomic E-state index is 12.2. The standard InChI is InChI=1S/C17H22N2O3/c1-10-15(20)18-13-9-11(16(21)22-17(2,3)4)5-8-14(13)19(10)12-6-7-12/h5,8-10,12H,6-7H2,1-4H3,(H,18,20). The third-order valence-corrected chi connectivity index (χ3v) is 3.90. The number of nitrogens with zero attached hydrogens (tertiary/aromatic N) is 1. The van der Waals surface area contributed by atoms with Crippen molar-refractivity contribution < 1.29 is 14.3 Å². The lowest BCUT2D eigenvalue weighted by Gasteiger charge is -2.36. The van der Waals surface area contributed by atoms with Crippen LogP contribution in [-0.2, 0) is 9.53 Å². The smallest absolute Gasteiger partial charge is 0.338 e. The number of anilines is 2. The summed E-state index contributed by atoms with van der Waals surface area (Å²) >= 11 is 0. The first-order chi connectivity index (χ1) is 10.3. The van der Waals surface area contributed by atoms with Gasteiger partial charge in [-0.3, -0.25) is 4.79 Å². The Balaban J connectivity index is 1.92. The minimum absolute atomic E-state index is 0.0271. The van der Waals surface area contributed by atoms with E-state index in [0.29, 0.717) is 17.3 Å². The number of nitrogens with one attached hydrogen (secondary N) is 1. The van der Waals surface area contributed by atoms with Crippen LogP contribution < -0.4 is 10.2 Å². The second kappa shape index (κ2) is 5.00. The molecule has 1 N–H and O–H groups in total. The Morgan fingerprint density at radius 1 is 1.32 bits per heavy atom. The second-order valence-corrected chi connectivity index (χ2v) is 7.04. The summed E-state index contributed by atoms with van der Waals surface area (Å²) in [5.41, 5.74) is 1.60. The van der Waals surface area contributed by atoms with E-state index in [1.165, 1.54) is 0 Å². The lowest BCUT2D eigenvalue weighted by atomic mass is 10.1. The van der Waals surface area contributed by atoms with Crippen LogP contribution in [-0.4, -0.2) is 29.6 Å². The number of carbonyl (C=O) groups excluding carboxylic acids is 2. The molecule has 0 saturated heterocycles. The molecule has 1 aromatic rings. The average Bonchev–Trinajstić information content (AvgIpc) is 3.22. The molecule has 3 rings (SSSR count). The summed E-state index contributed by atoms with van der Waals surface area (Å²) in [6.07, 6.45) is 2.23. The molecular formula is C17H22N2O3. The predicted octanol–water partition coefficient (Wildman–Crippen LogP) is 2.95. The molecule has 0 aromatic heterocycles. The third kappa shape index (κ3) is 2.80. The van der Waals surface area contributed by atoms with Crippen LogP contribution in [0.5, 0.6) is 0 Å². The highest BCUT2D eigenvalue weighted by Crippen LogP contribution is 2.40. The molecule has 1 saturated carbocycles. The van der Waals surface area contributed by atoms with Crippen molar-refractivity contribution in [1.29, 1.82) is 0 Å². The molecule has 1 aliphatic heterocycles. The number of carbonyl (C=O) groups is 2. The van der Waals surface area contributed by atoms with Crippen molar-refractivity contribution in [2.24, 2.45) is 0 Å². The van der Waals surface area contributed by atoms with Gasteiger partial charge in [0.15, 0.2) is 0 Å². The molecule has 22 heavy (non-hydrogen) atoms. The quantitative estimate of drug-likeness (QED) is 0.853. The van der Waals surface area contributed by atoms with Crippen LogP contribution in [0.15, 0.2) is 18.2 Å². The second-order valence-electron chi connectivity index (χ2n) is 7.04. The van der Waals surface area contributed by atoms with Crippen LogP contribution in [0.2, 0.25) is 0 Å². The first-order valence-electron chi connectivity index (χ1n) is 7.73. The number of hydrogen-bond acceptors (Lipinski definition) is 4. The van der Waals surface area contributed by atoms with Gasteiger partial charge < -0.3 is 15.0 Å². The maximum Gasteiger partial charge on any atom is 0.338 e. The molecule has 118 valence electrons. The number of fused-ring (bicyclic) bond motifs is 1. The van der Waals surface area contributed by atoms with Crippen LogP contribution in [0.1, 0.15) is 50.9 Å². The van der Waals surface area contributed by atoms with E-state index in [-0.39, 0.29) is 17.9 Å². The molecule has 1 fully saturated rings. The molecule has 1 heterocycles. The molecule has 5 nitrogen and oxygen atoms in total. The van der Waals surface area contributed by atoms with E-state index in [1.807, 2.05) is 33.8 Å². The van der Waals surface area contributed by atoms with Crippen molar-refractivity contribution in [1.82, 2.24) is 0 Å². The zero-order valence-electron chi connectivity index (χ0n) is 13.5. The number of benzene rings is 1. The molecule has 0 bridgehead atoms. The summed E-state index contributed by atoms with van der Waals surface area (Å²) in [6, 6.07) is 5.65. The Kier molecular flexibility index (Phi) is 3.38. The predicted molar refractivity (Wildman–Crippen MR) is 85.2 cm³/mol. The van der Waals surface area contributed by atoms with Gasteiger partial charge in [0.25, 0.3) is 0 Å². The van der Waals surface area contributed by atoms with E-state index in [2.05, 4.69) is 10.2 Å². The number of ether oxygens (including phenoxy) is 1. The molecular weight excluding hydrogens is 280 g/mol. The van der Waals surface area contributed by atoms with Crippen molar-refractivity contribution in [3.05, 3.63) is 23.8 Å². The minimum Gasteiger partial charge on any atom is -0.456 e. The summed E-state index contributed by atoms with van der Waals surface area (Å²) in [6.45, 7) is 7.42. The fraction of sp³-hybridized carbons (Fsp3) is 0.529. The van der Waals surface area contributed by atoms with E-state index in [4.69, 9.17) is 4.74 Å². The number of hydrogen-bond donors (Lipinski definition) is 1. The van der Waals surface area contributed by atoms with Crippen LogP contribution in [0.25, 0.3) is 0 Å². The number of rotatable bonds is 2. The lowest BCUT2D eigenvalue weighted by molar-refractivity contribution is -0.117. The van der Waals surface area contributed by atoms with E-state index in [0.717, 1.165) is 18.5 Å².